The van der Waals surface area contributed by atoms with Crippen molar-refractivity contribution in [3.63, 3.8) is 0 Å². The van der Waals surface area contributed by atoms with Crippen molar-refractivity contribution in [2.45, 2.75) is 27.7 Å². The Hall–Kier alpha value is 0.0721. The van der Waals surface area contributed by atoms with E-state index in [4.69, 9.17) is 15.0 Å². The smallest absolute Gasteiger partial charge is 0.652 e. The normalized spacial score (nSPS) is 8.52. The predicted molar refractivity (Wildman–Crippen MR) is 58.2 cm³/mol. The minimum atomic E-state index is -5.43. The number of carbonyl (C=O) groups excluding carboxylic acids is 5. The second kappa shape index (κ2) is 15.6. The van der Waals surface area contributed by atoms with Crippen LogP contribution in [0.25, 0.3) is 0 Å². The van der Waals surface area contributed by atoms with Crippen LogP contribution in [-0.4, -0.2) is 53.0 Å². The van der Waals surface area contributed by atoms with Gasteiger partial charge in [0.05, 0.1) is 0 Å². The van der Waals surface area contributed by atoms with Gasteiger partial charge in [0.15, 0.2) is 0 Å². The van der Waals surface area contributed by atoms with Gasteiger partial charge >= 0.3 is 164 Å². The van der Waals surface area contributed by atoms with Crippen LogP contribution in [0.5, 0.6) is 0 Å². The quantitative estimate of drug-likeness (QED) is 0.306. The molecule has 0 aliphatic rings. The average Bonchev–Trinajstić information content (AvgIpc) is 2.08. The molecule has 0 aromatic heterocycles. The first kappa shape index (κ1) is 30.9. The van der Waals surface area contributed by atoms with Crippen LogP contribution in [0.4, 0.5) is 4.79 Å². The summed E-state index contributed by atoms with van der Waals surface area (Å²) < 4.78 is 18.5. The van der Waals surface area contributed by atoms with Gasteiger partial charge < -0.3 is 15.0 Å². The predicted octanol–water partition coefficient (Wildman–Crippen LogP) is -8.76. The molecule has 0 saturated heterocycles. The fourth-order valence-corrected chi connectivity index (χ4v) is 7.28. The van der Waals surface area contributed by atoms with Crippen LogP contribution in [0.1, 0.15) is 27.7 Å². The molecule has 23 heavy (non-hydrogen) atoms. The molecule has 120 valence electrons. The molecule has 0 radical (unpaired) electrons. The molecule has 11 nitrogen and oxygen atoms in total. The van der Waals surface area contributed by atoms with Gasteiger partial charge in [-0.3, -0.25) is 0 Å². The Morgan fingerprint density at radius 3 is 0.826 bits per heavy atom. The zero-order chi connectivity index (χ0) is 17.2. The number of hydrogen-bond acceptors (Lipinski definition) is 11. The fourth-order valence-electron chi connectivity index (χ4n) is 0.829. The van der Waals surface area contributed by atoms with Gasteiger partial charge in [0, 0.05) is 0 Å². The molecular weight excluding hydrogens is 537 g/mol. The van der Waals surface area contributed by atoms with E-state index in [9.17, 15) is 19.2 Å². The Balaban J connectivity index is -0.000000268. The van der Waals surface area contributed by atoms with Crippen molar-refractivity contribution >= 4 is 53.0 Å². The van der Waals surface area contributed by atoms with Crippen molar-refractivity contribution in [2.24, 2.45) is 0 Å². The van der Waals surface area contributed by atoms with Gasteiger partial charge in [-0.2, -0.15) is 0 Å². The summed E-state index contributed by atoms with van der Waals surface area (Å²) in [7, 11) is 0. The molecule has 0 unspecified atom stereocenters. The van der Waals surface area contributed by atoms with Crippen LogP contribution in [-0.2, 0) is 29.9 Å². The standard InChI is InChI=1S/4C2H4O2.CH2O3.2Na.Pb/c4*1-2(3)4;2-1(3)4;;;/h4*1H3,(H,3,4);(H2,2,3,4);;;/q;;;;;2*+1;+4/p-6. The molecule has 0 atom stereocenters. The Bertz CT molecular complexity index is 366. The van der Waals surface area contributed by atoms with E-state index in [-0.39, 0.29) is 59.1 Å². The molecule has 0 bridgehead atoms. The van der Waals surface area contributed by atoms with Crippen molar-refractivity contribution in [3.05, 3.63) is 0 Å². The third-order valence-electron chi connectivity index (χ3n) is 1.07. The summed E-state index contributed by atoms with van der Waals surface area (Å²) >= 11 is -5.43. The second-order valence-electron chi connectivity index (χ2n) is 3.12. The monoisotopic (exact) mass is 550 g/mol. The Morgan fingerprint density at radius 2 is 0.739 bits per heavy atom. The molecule has 14 heteroatoms. The van der Waals surface area contributed by atoms with Crippen molar-refractivity contribution in [1.82, 2.24) is 0 Å². The largest absolute Gasteiger partial charge is 1.00 e. The average molecular weight is 549 g/mol. The number of carboxylic acid groups (broad SMARTS) is 2. The maximum Gasteiger partial charge on any atom is 1.00 e. The molecule has 0 N–H and O–H groups in total. The Labute approximate surface area is 182 Å². The minimum absolute atomic E-state index is 0. The van der Waals surface area contributed by atoms with Crippen LogP contribution in [0.2, 0.25) is 0 Å². The van der Waals surface area contributed by atoms with Crippen LogP contribution < -0.4 is 69.3 Å². The topological polar surface area (TPSA) is 168 Å². The first-order valence-corrected chi connectivity index (χ1v) is 11.4. The minimum Gasteiger partial charge on any atom is -0.652 e. The van der Waals surface area contributed by atoms with Gasteiger partial charge in [-0.1, -0.05) is 0 Å². The van der Waals surface area contributed by atoms with Crippen LogP contribution in [0.15, 0.2) is 0 Å². The summed E-state index contributed by atoms with van der Waals surface area (Å²) in [4.78, 5) is 51.8. The van der Waals surface area contributed by atoms with Crippen LogP contribution >= 0.6 is 0 Å². The SMILES string of the molecule is CC(=O)[O][Pb]([O]C(C)=O)([O]C(C)=O)[O]C(C)=O.O=C([O-])[O-].[Na+].[Na+]. The molecule has 0 heterocycles. The van der Waals surface area contributed by atoms with Crippen molar-refractivity contribution in [2.75, 3.05) is 0 Å². The van der Waals surface area contributed by atoms with E-state index < -0.39 is 53.0 Å². The van der Waals surface area contributed by atoms with Gasteiger partial charge in [-0.05, 0) is 6.16 Å². The Morgan fingerprint density at radius 1 is 0.609 bits per heavy atom. The summed E-state index contributed by atoms with van der Waals surface area (Å²) in [6.07, 6.45) is -2.33. The number of rotatable bonds is 4. The van der Waals surface area contributed by atoms with Gasteiger partial charge in [-0.25, -0.2) is 0 Å². The van der Waals surface area contributed by atoms with E-state index in [1.165, 1.54) is 0 Å². The van der Waals surface area contributed by atoms with Crippen LogP contribution in [0.3, 0.4) is 0 Å². The first-order chi connectivity index (χ1) is 9.40. The second-order valence-corrected chi connectivity index (χ2v) is 10.2. The van der Waals surface area contributed by atoms with Gasteiger partial charge in [0.1, 0.15) is 0 Å². The maximum atomic E-state index is 10.9. The molecular formula is C9H12Na2O11Pb. The van der Waals surface area contributed by atoms with E-state index in [0.717, 1.165) is 27.7 Å². The number of hydrogen-bond donors (Lipinski definition) is 0. The summed E-state index contributed by atoms with van der Waals surface area (Å²) in [5.74, 6) is -3.52. The summed E-state index contributed by atoms with van der Waals surface area (Å²) in [5, 5.41) is 16.7. The summed E-state index contributed by atoms with van der Waals surface area (Å²) in [6, 6.07) is 0. The molecule has 0 amide bonds. The van der Waals surface area contributed by atoms with E-state index in [0.29, 0.717) is 0 Å². The first-order valence-electron chi connectivity index (χ1n) is 5.06. The van der Waals surface area contributed by atoms with Crippen molar-refractivity contribution in [3.8, 4) is 0 Å². The van der Waals surface area contributed by atoms with Crippen molar-refractivity contribution < 1.29 is 104 Å². The maximum absolute atomic E-state index is 10.9. The molecule has 0 rings (SSSR count). The zero-order valence-corrected chi connectivity index (χ0v) is 21.4. The molecule has 0 aromatic carbocycles. The molecule has 0 aliphatic heterocycles. The molecule has 0 fully saturated rings. The third kappa shape index (κ3) is 22.1. The summed E-state index contributed by atoms with van der Waals surface area (Å²) in [6.45, 7) is 4.02. The van der Waals surface area contributed by atoms with E-state index in [1.807, 2.05) is 0 Å². The van der Waals surface area contributed by atoms with E-state index in [1.54, 1.807) is 0 Å². The van der Waals surface area contributed by atoms with Crippen molar-refractivity contribution in [1.29, 1.82) is 0 Å². The third-order valence-corrected chi connectivity index (χ3v) is 9.43. The molecule has 0 aromatic rings. The molecule has 0 spiro atoms. The van der Waals surface area contributed by atoms with E-state index in [2.05, 4.69) is 10.7 Å². The fraction of sp³-hybridized carbons (Fsp3) is 0.444. The molecule has 0 saturated carbocycles. The zero-order valence-electron chi connectivity index (χ0n) is 13.5. The van der Waals surface area contributed by atoms with Gasteiger partial charge in [-0.15, -0.1) is 0 Å². The number of carbonyl (C=O) groups is 5. The van der Waals surface area contributed by atoms with Gasteiger partial charge in [0.2, 0.25) is 0 Å². The van der Waals surface area contributed by atoms with E-state index >= 15 is 0 Å². The Kier molecular flexibility index (Phi) is 20.9. The van der Waals surface area contributed by atoms with Crippen LogP contribution in [0, 0.1) is 0 Å². The van der Waals surface area contributed by atoms with Gasteiger partial charge in [0.25, 0.3) is 0 Å². The summed E-state index contributed by atoms with van der Waals surface area (Å²) in [5.41, 5.74) is 0. The molecule has 0 aliphatic carbocycles.